The predicted octanol–water partition coefficient (Wildman–Crippen LogP) is 7.33. The number of hydrogen-bond donors (Lipinski definition) is 0. The van der Waals surface area contributed by atoms with Crippen LogP contribution in [-0.2, 0) is 12.8 Å². The van der Waals surface area contributed by atoms with Gasteiger partial charge in [-0.2, -0.15) is 0 Å². The topological polar surface area (TPSA) is 30.2 Å². The molecule has 0 saturated carbocycles. The molecule has 0 saturated heterocycles. The number of aromatic nitrogens is 3. The molecular formula is C32H19N3. The van der Waals surface area contributed by atoms with Gasteiger partial charge < -0.3 is 0 Å². The lowest BCUT2D eigenvalue weighted by atomic mass is 9.96. The van der Waals surface area contributed by atoms with E-state index in [1.807, 2.05) is 12.4 Å². The zero-order chi connectivity index (χ0) is 22.7. The minimum absolute atomic E-state index is 0.958. The van der Waals surface area contributed by atoms with Crippen molar-refractivity contribution in [1.82, 2.24) is 14.4 Å². The zero-order valence-corrected chi connectivity index (χ0v) is 18.9. The molecule has 35 heavy (non-hydrogen) atoms. The molecule has 2 aliphatic rings. The normalized spacial score (nSPS) is 13.5. The van der Waals surface area contributed by atoms with Crippen LogP contribution in [0.1, 0.15) is 22.3 Å². The molecule has 7 aromatic rings. The Kier molecular flexibility index (Phi) is 3.14. The van der Waals surface area contributed by atoms with Gasteiger partial charge in [0.2, 0.25) is 0 Å². The van der Waals surface area contributed by atoms with Crippen molar-refractivity contribution < 1.29 is 0 Å². The van der Waals surface area contributed by atoms with Crippen molar-refractivity contribution in [3.8, 4) is 22.3 Å². The first-order valence-corrected chi connectivity index (χ1v) is 12.2. The van der Waals surface area contributed by atoms with E-state index in [1.165, 1.54) is 60.7 Å². The lowest BCUT2D eigenvalue weighted by molar-refractivity contribution is 1.22. The fourth-order valence-corrected chi connectivity index (χ4v) is 6.63. The lowest BCUT2D eigenvalue weighted by Crippen LogP contribution is -1.95. The molecule has 0 atom stereocenters. The second kappa shape index (κ2) is 6.13. The Hall–Kier alpha value is -4.50. The molecule has 0 N–H and O–H groups in total. The second-order valence-electron chi connectivity index (χ2n) is 9.84. The van der Waals surface area contributed by atoms with Gasteiger partial charge in [-0.05, 0) is 93.1 Å². The van der Waals surface area contributed by atoms with E-state index in [4.69, 9.17) is 4.98 Å². The molecule has 0 aliphatic heterocycles. The van der Waals surface area contributed by atoms with Crippen molar-refractivity contribution in [1.29, 1.82) is 0 Å². The van der Waals surface area contributed by atoms with Gasteiger partial charge in [0.05, 0.1) is 22.7 Å². The summed E-state index contributed by atoms with van der Waals surface area (Å²) in [5.41, 5.74) is 15.6. The molecule has 0 fully saturated rings. The smallest absolute Gasteiger partial charge is 0.146 e. The van der Waals surface area contributed by atoms with Gasteiger partial charge in [0, 0.05) is 17.0 Å². The molecule has 0 bridgehead atoms. The van der Waals surface area contributed by atoms with Crippen LogP contribution in [0.5, 0.6) is 0 Å². The van der Waals surface area contributed by atoms with Crippen LogP contribution >= 0.6 is 0 Å². The SMILES string of the molecule is c1ccc2c(c1)Cc1cc3c(cc1-2)-c1ccc2c(c1C3)c1ccncc1n1c3ccccc3nc21. The average Bonchev–Trinajstić information content (AvgIpc) is 3.58. The summed E-state index contributed by atoms with van der Waals surface area (Å²) in [5.74, 6) is 0. The highest BCUT2D eigenvalue weighted by Crippen LogP contribution is 2.48. The Morgan fingerprint density at radius 1 is 0.629 bits per heavy atom. The third kappa shape index (κ3) is 2.17. The summed E-state index contributed by atoms with van der Waals surface area (Å²) < 4.78 is 2.28. The molecule has 0 amide bonds. The van der Waals surface area contributed by atoms with Crippen molar-refractivity contribution in [2.24, 2.45) is 0 Å². The van der Waals surface area contributed by atoms with Crippen LogP contribution in [0, 0.1) is 0 Å². The van der Waals surface area contributed by atoms with Gasteiger partial charge in [-0.15, -0.1) is 0 Å². The largest absolute Gasteiger partial charge is 0.290 e. The van der Waals surface area contributed by atoms with Crippen LogP contribution in [0.3, 0.4) is 0 Å². The van der Waals surface area contributed by atoms with E-state index in [2.05, 4.69) is 88.2 Å². The van der Waals surface area contributed by atoms with Crippen LogP contribution < -0.4 is 0 Å². The molecule has 2 aliphatic carbocycles. The summed E-state index contributed by atoms with van der Waals surface area (Å²) in [6.07, 6.45) is 5.90. The summed E-state index contributed by atoms with van der Waals surface area (Å²) in [4.78, 5) is 9.58. The summed E-state index contributed by atoms with van der Waals surface area (Å²) in [5, 5.41) is 3.78. The third-order valence-corrected chi connectivity index (χ3v) is 8.10. The molecule has 3 nitrogen and oxygen atoms in total. The van der Waals surface area contributed by atoms with Gasteiger partial charge in [-0.1, -0.05) is 48.5 Å². The highest BCUT2D eigenvalue weighted by Gasteiger charge is 2.27. The number of fused-ring (bicyclic) bond motifs is 15. The quantitative estimate of drug-likeness (QED) is 0.229. The molecule has 3 aromatic heterocycles. The molecule has 9 rings (SSSR count). The number of pyridine rings is 2. The molecule has 3 heterocycles. The summed E-state index contributed by atoms with van der Waals surface area (Å²) in [6, 6.07) is 28.9. The maximum absolute atomic E-state index is 5.08. The maximum Gasteiger partial charge on any atom is 0.146 e. The van der Waals surface area contributed by atoms with Gasteiger partial charge >= 0.3 is 0 Å². The number of rotatable bonds is 0. The predicted molar refractivity (Wildman–Crippen MR) is 142 cm³/mol. The Morgan fingerprint density at radius 3 is 2.49 bits per heavy atom. The molecular weight excluding hydrogens is 426 g/mol. The number of hydrogen-bond acceptors (Lipinski definition) is 2. The number of benzene rings is 4. The van der Waals surface area contributed by atoms with Crippen LogP contribution in [0.4, 0.5) is 0 Å². The lowest BCUT2D eigenvalue weighted by Gasteiger charge is -2.12. The highest BCUT2D eigenvalue weighted by molar-refractivity contribution is 6.17. The number of para-hydroxylation sites is 2. The van der Waals surface area contributed by atoms with Crippen molar-refractivity contribution in [3.05, 3.63) is 114 Å². The van der Waals surface area contributed by atoms with Crippen LogP contribution in [-0.4, -0.2) is 14.4 Å². The minimum atomic E-state index is 0.958. The summed E-state index contributed by atoms with van der Waals surface area (Å²) >= 11 is 0. The monoisotopic (exact) mass is 445 g/mol. The van der Waals surface area contributed by atoms with E-state index in [0.29, 0.717) is 0 Å². The molecule has 0 radical (unpaired) electrons. The first-order chi connectivity index (χ1) is 17.3. The van der Waals surface area contributed by atoms with Crippen LogP contribution in [0.2, 0.25) is 0 Å². The summed E-state index contributed by atoms with van der Waals surface area (Å²) in [6.45, 7) is 0. The van der Waals surface area contributed by atoms with Crippen molar-refractivity contribution in [2.75, 3.05) is 0 Å². The minimum Gasteiger partial charge on any atom is -0.290 e. The van der Waals surface area contributed by atoms with E-state index in [-0.39, 0.29) is 0 Å². The Balaban J connectivity index is 1.40. The van der Waals surface area contributed by atoms with Crippen LogP contribution in [0.15, 0.2) is 91.3 Å². The molecule has 162 valence electrons. The van der Waals surface area contributed by atoms with E-state index >= 15 is 0 Å². The second-order valence-corrected chi connectivity index (χ2v) is 9.84. The van der Waals surface area contributed by atoms with Gasteiger partial charge in [-0.3, -0.25) is 9.38 Å². The van der Waals surface area contributed by atoms with E-state index < -0.39 is 0 Å². The first kappa shape index (κ1) is 17.9. The fourth-order valence-electron chi connectivity index (χ4n) is 6.63. The van der Waals surface area contributed by atoms with E-state index in [0.717, 1.165) is 35.0 Å². The third-order valence-electron chi connectivity index (χ3n) is 8.10. The molecule has 0 spiro atoms. The Labute approximate surface area is 201 Å². The number of nitrogens with zero attached hydrogens (tertiary/aromatic N) is 3. The van der Waals surface area contributed by atoms with E-state index in [1.54, 1.807) is 0 Å². The number of imidazole rings is 1. The van der Waals surface area contributed by atoms with Crippen molar-refractivity contribution in [3.63, 3.8) is 0 Å². The van der Waals surface area contributed by atoms with Gasteiger partial charge in [0.1, 0.15) is 5.65 Å². The zero-order valence-electron chi connectivity index (χ0n) is 18.9. The van der Waals surface area contributed by atoms with Gasteiger partial charge in [-0.25, -0.2) is 4.98 Å². The molecule has 0 unspecified atom stereocenters. The Morgan fingerprint density at radius 2 is 1.49 bits per heavy atom. The maximum atomic E-state index is 5.08. The van der Waals surface area contributed by atoms with Gasteiger partial charge in [0.15, 0.2) is 0 Å². The molecule has 4 aromatic carbocycles. The first-order valence-electron chi connectivity index (χ1n) is 12.2. The van der Waals surface area contributed by atoms with Gasteiger partial charge in [0.25, 0.3) is 0 Å². The van der Waals surface area contributed by atoms with E-state index in [9.17, 15) is 0 Å². The van der Waals surface area contributed by atoms with Crippen molar-refractivity contribution >= 4 is 38.4 Å². The fraction of sp³-hybridized carbons (Fsp3) is 0.0625. The highest BCUT2D eigenvalue weighted by atomic mass is 15.0. The van der Waals surface area contributed by atoms with Crippen LogP contribution in [0.25, 0.3) is 60.6 Å². The molecule has 3 heteroatoms. The standard InChI is InChI=1S/C32H19N3/c1-2-6-21-18(5-1)13-19-14-20-15-27-22(26(20)16-25(19)21)9-10-24-31(27)23-11-12-33-17-30(23)35-29-8-4-3-7-28(29)34-32(24)35/h1-12,14,16-17H,13,15H2. The summed E-state index contributed by atoms with van der Waals surface area (Å²) in [7, 11) is 0. The average molecular weight is 446 g/mol. The van der Waals surface area contributed by atoms with Crippen molar-refractivity contribution in [2.45, 2.75) is 12.8 Å². The Bertz CT molecular complexity index is 2060.